The third-order valence-electron chi connectivity index (χ3n) is 5.55. The Kier molecular flexibility index (Phi) is 2.73. The second-order valence-corrected chi connectivity index (χ2v) is 7.36. The van der Waals surface area contributed by atoms with Gasteiger partial charge in [0.25, 0.3) is 0 Å². The van der Waals surface area contributed by atoms with Gasteiger partial charge in [0.2, 0.25) is 0 Å². The second-order valence-electron chi connectivity index (χ2n) is 6.89. The van der Waals surface area contributed by atoms with Crippen LogP contribution in [0.4, 0.5) is 0 Å². The zero-order chi connectivity index (χ0) is 13.8. The Morgan fingerprint density at radius 1 is 0.895 bits per heavy atom. The molecule has 0 aromatic heterocycles. The van der Waals surface area contributed by atoms with Crippen LogP contribution in [0.3, 0.4) is 0 Å². The summed E-state index contributed by atoms with van der Waals surface area (Å²) >= 11 is 6.85. The number of alkyl halides is 1. The summed E-state index contributed by atoms with van der Waals surface area (Å²) < 4.78 is 0. The molecule has 1 unspecified atom stereocenters. The van der Waals surface area contributed by atoms with E-state index in [1.807, 2.05) is 0 Å². The standard InChI is InChI=1S/C18H21Cl/c1-17(2)16(18(17,3)4)15(19)14-11-7-9-12-8-5-6-10-13(12)14/h5-11,15-16H,1-4H3. The van der Waals surface area contributed by atoms with E-state index < -0.39 is 0 Å². The summed E-state index contributed by atoms with van der Waals surface area (Å²) in [4.78, 5) is 0. The molecule has 1 heteroatoms. The summed E-state index contributed by atoms with van der Waals surface area (Å²) in [5.74, 6) is 0.535. The topological polar surface area (TPSA) is 0 Å². The molecule has 0 saturated heterocycles. The van der Waals surface area contributed by atoms with E-state index in [-0.39, 0.29) is 5.38 Å². The van der Waals surface area contributed by atoms with Crippen molar-refractivity contribution in [3.8, 4) is 0 Å². The molecular weight excluding hydrogens is 252 g/mol. The van der Waals surface area contributed by atoms with Gasteiger partial charge < -0.3 is 0 Å². The molecular formula is C18H21Cl. The minimum Gasteiger partial charge on any atom is -0.117 e. The Labute approximate surface area is 120 Å². The normalized spacial score (nSPS) is 22.4. The highest BCUT2D eigenvalue weighted by Gasteiger charge is 2.67. The molecule has 19 heavy (non-hydrogen) atoms. The van der Waals surface area contributed by atoms with Crippen molar-refractivity contribution in [3.05, 3.63) is 48.0 Å². The van der Waals surface area contributed by atoms with Gasteiger partial charge in [0.05, 0.1) is 5.38 Å². The van der Waals surface area contributed by atoms with Gasteiger partial charge in [-0.1, -0.05) is 70.2 Å². The monoisotopic (exact) mass is 272 g/mol. The molecule has 1 aliphatic carbocycles. The Morgan fingerprint density at radius 3 is 2.11 bits per heavy atom. The average Bonchev–Trinajstić information content (AvgIpc) is 2.78. The quantitative estimate of drug-likeness (QED) is 0.606. The fraction of sp³-hybridized carbons (Fsp3) is 0.444. The average molecular weight is 273 g/mol. The van der Waals surface area contributed by atoms with E-state index in [1.54, 1.807) is 0 Å². The predicted octanol–water partition coefficient (Wildman–Crippen LogP) is 5.80. The van der Waals surface area contributed by atoms with E-state index >= 15 is 0 Å². The van der Waals surface area contributed by atoms with Gasteiger partial charge in [0.15, 0.2) is 0 Å². The Bertz CT molecular complexity index is 605. The van der Waals surface area contributed by atoms with Crippen LogP contribution in [0.15, 0.2) is 42.5 Å². The minimum absolute atomic E-state index is 0.0936. The lowest BCUT2D eigenvalue weighted by Crippen LogP contribution is -2.00. The van der Waals surface area contributed by atoms with Crippen molar-refractivity contribution in [2.45, 2.75) is 33.1 Å². The first kappa shape index (κ1) is 13.0. The van der Waals surface area contributed by atoms with Crippen molar-refractivity contribution >= 4 is 22.4 Å². The molecule has 100 valence electrons. The third-order valence-corrected chi connectivity index (χ3v) is 6.03. The second kappa shape index (κ2) is 3.99. The van der Waals surface area contributed by atoms with Crippen LogP contribution < -0.4 is 0 Å². The number of hydrogen-bond donors (Lipinski definition) is 0. The van der Waals surface area contributed by atoms with Crippen LogP contribution in [0.5, 0.6) is 0 Å². The van der Waals surface area contributed by atoms with Crippen molar-refractivity contribution in [2.75, 3.05) is 0 Å². The number of rotatable bonds is 2. The van der Waals surface area contributed by atoms with Crippen LogP contribution in [0.1, 0.15) is 38.6 Å². The highest BCUT2D eigenvalue weighted by molar-refractivity contribution is 6.22. The molecule has 1 saturated carbocycles. The van der Waals surface area contributed by atoms with Crippen LogP contribution in [-0.4, -0.2) is 0 Å². The van der Waals surface area contributed by atoms with Crippen molar-refractivity contribution in [1.29, 1.82) is 0 Å². The Balaban J connectivity index is 2.07. The number of halogens is 1. The predicted molar refractivity (Wildman–Crippen MR) is 83.6 cm³/mol. The summed E-state index contributed by atoms with van der Waals surface area (Å²) in [6.45, 7) is 9.33. The summed E-state index contributed by atoms with van der Waals surface area (Å²) in [7, 11) is 0. The van der Waals surface area contributed by atoms with E-state index in [9.17, 15) is 0 Å². The summed E-state index contributed by atoms with van der Waals surface area (Å²) in [6.07, 6.45) is 0. The molecule has 2 aromatic carbocycles. The Morgan fingerprint density at radius 2 is 1.47 bits per heavy atom. The zero-order valence-corrected chi connectivity index (χ0v) is 12.8. The number of hydrogen-bond acceptors (Lipinski definition) is 0. The molecule has 0 bridgehead atoms. The van der Waals surface area contributed by atoms with Crippen molar-refractivity contribution < 1.29 is 0 Å². The van der Waals surface area contributed by atoms with E-state index in [1.165, 1.54) is 16.3 Å². The van der Waals surface area contributed by atoms with Crippen molar-refractivity contribution in [3.63, 3.8) is 0 Å². The zero-order valence-electron chi connectivity index (χ0n) is 12.1. The van der Waals surface area contributed by atoms with Gasteiger partial charge in [-0.05, 0) is 33.1 Å². The van der Waals surface area contributed by atoms with Crippen LogP contribution in [0.2, 0.25) is 0 Å². The highest BCUT2D eigenvalue weighted by atomic mass is 35.5. The van der Waals surface area contributed by atoms with Gasteiger partial charge in [-0.25, -0.2) is 0 Å². The summed E-state index contributed by atoms with van der Waals surface area (Å²) in [5, 5.41) is 2.67. The molecule has 3 rings (SSSR count). The lowest BCUT2D eigenvalue weighted by molar-refractivity contribution is 0.457. The molecule has 0 radical (unpaired) electrons. The maximum absolute atomic E-state index is 6.85. The fourth-order valence-corrected chi connectivity index (χ4v) is 4.47. The first-order valence-electron chi connectivity index (χ1n) is 6.99. The van der Waals surface area contributed by atoms with Crippen LogP contribution >= 0.6 is 11.6 Å². The lowest BCUT2D eigenvalue weighted by atomic mass is 9.97. The van der Waals surface area contributed by atoms with E-state index in [0.29, 0.717) is 16.7 Å². The first-order chi connectivity index (χ1) is 8.87. The van der Waals surface area contributed by atoms with Gasteiger partial charge in [-0.2, -0.15) is 0 Å². The molecule has 1 atom stereocenters. The van der Waals surface area contributed by atoms with Crippen LogP contribution in [0, 0.1) is 16.7 Å². The first-order valence-corrected chi connectivity index (χ1v) is 7.43. The molecule has 0 aliphatic heterocycles. The molecule has 0 nitrogen and oxygen atoms in total. The summed E-state index contributed by atoms with van der Waals surface area (Å²) in [5.41, 5.74) is 1.91. The molecule has 0 N–H and O–H groups in total. The summed E-state index contributed by atoms with van der Waals surface area (Å²) in [6, 6.07) is 15.0. The third kappa shape index (κ3) is 1.73. The largest absolute Gasteiger partial charge is 0.117 e. The van der Waals surface area contributed by atoms with Gasteiger partial charge in [0.1, 0.15) is 0 Å². The van der Waals surface area contributed by atoms with Gasteiger partial charge in [-0.3, -0.25) is 0 Å². The van der Waals surface area contributed by atoms with E-state index in [2.05, 4.69) is 70.2 Å². The van der Waals surface area contributed by atoms with E-state index in [0.717, 1.165) is 0 Å². The molecule has 0 heterocycles. The Hall–Kier alpha value is -1.01. The molecule has 1 fully saturated rings. The fourth-order valence-electron chi connectivity index (χ4n) is 3.65. The number of benzene rings is 2. The van der Waals surface area contributed by atoms with Gasteiger partial charge in [-0.15, -0.1) is 11.6 Å². The van der Waals surface area contributed by atoms with E-state index in [4.69, 9.17) is 11.6 Å². The molecule has 0 spiro atoms. The highest BCUT2D eigenvalue weighted by Crippen LogP contribution is 2.73. The lowest BCUT2D eigenvalue weighted by Gasteiger charge is -2.15. The van der Waals surface area contributed by atoms with Gasteiger partial charge >= 0.3 is 0 Å². The SMILES string of the molecule is CC1(C)C(C(Cl)c2cccc3ccccc23)C1(C)C. The maximum atomic E-state index is 6.85. The smallest absolute Gasteiger partial charge is 0.0630 e. The molecule has 1 aliphatic rings. The van der Waals surface area contributed by atoms with Crippen molar-refractivity contribution in [1.82, 2.24) is 0 Å². The van der Waals surface area contributed by atoms with Gasteiger partial charge in [0, 0.05) is 0 Å². The van der Waals surface area contributed by atoms with Crippen LogP contribution in [-0.2, 0) is 0 Å². The maximum Gasteiger partial charge on any atom is 0.0630 e. The number of fused-ring (bicyclic) bond motifs is 1. The molecule has 2 aromatic rings. The van der Waals surface area contributed by atoms with Crippen molar-refractivity contribution in [2.24, 2.45) is 16.7 Å². The minimum atomic E-state index is 0.0936. The molecule has 0 amide bonds. The van der Waals surface area contributed by atoms with Crippen LogP contribution in [0.25, 0.3) is 10.8 Å².